The molecule has 0 heterocycles. The minimum atomic E-state index is -1.04. The fourth-order valence-electron chi connectivity index (χ4n) is 2.54. The zero-order valence-corrected chi connectivity index (χ0v) is 19.1. The quantitative estimate of drug-likeness (QED) is 0.0584. The van der Waals surface area contributed by atoms with Gasteiger partial charge in [-0.3, -0.25) is 10.1 Å². The van der Waals surface area contributed by atoms with Crippen LogP contribution in [0.25, 0.3) is 0 Å². The van der Waals surface area contributed by atoms with Gasteiger partial charge < -0.3 is 20.1 Å². The second kappa shape index (κ2) is 22.2. The molecule has 7 heteroatoms. The summed E-state index contributed by atoms with van der Waals surface area (Å²) in [6.07, 6.45) is 22.4. The molecule has 0 aliphatic carbocycles. The van der Waals surface area contributed by atoms with E-state index in [2.05, 4.69) is 11.8 Å². The van der Waals surface area contributed by atoms with Gasteiger partial charge in [-0.25, -0.2) is 4.89 Å². The Hall–Kier alpha value is -2.03. The van der Waals surface area contributed by atoms with Crippen LogP contribution >= 0.6 is 0 Å². The molecule has 0 saturated heterocycles. The zero-order chi connectivity index (χ0) is 23.9. The van der Waals surface area contributed by atoms with E-state index in [1.165, 1.54) is 0 Å². The van der Waals surface area contributed by atoms with Crippen molar-refractivity contribution in [3.63, 3.8) is 0 Å². The Labute approximate surface area is 192 Å². The summed E-state index contributed by atoms with van der Waals surface area (Å²) >= 11 is 0. The molecule has 0 aromatic heterocycles. The standard InChI is InChI=1S/C25H40O7/c1-2-3-10-15-22(27)16-11-7-5-4-6-8-12-17-24(32-30)18-13-9-14-19-25(29)31-21-23(28)20-26/h3,5-8,10-12,16-17,22-24,26-28,30H,2,4,9,13-15,18-21H2,1H3. The fraction of sp³-hybridized carbons (Fsp3) is 0.560. The first-order valence-electron chi connectivity index (χ1n) is 11.3. The fourth-order valence-corrected chi connectivity index (χ4v) is 2.54. The van der Waals surface area contributed by atoms with Gasteiger partial charge in [-0.05, 0) is 32.1 Å². The van der Waals surface area contributed by atoms with E-state index >= 15 is 0 Å². The van der Waals surface area contributed by atoms with Crippen molar-refractivity contribution in [3.8, 4) is 0 Å². The van der Waals surface area contributed by atoms with Crippen molar-refractivity contribution in [2.24, 2.45) is 0 Å². The number of allylic oxidation sites excluding steroid dienone is 7. The molecular weight excluding hydrogens is 412 g/mol. The molecule has 0 aliphatic rings. The maximum atomic E-state index is 11.5. The summed E-state index contributed by atoms with van der Waals surface area (Å²) in [7, 11) is 0. The van der Waals surface area contributed by atoms with Crippen LogP contribution in [0.3, 0.4) is 0 Å². The largest absolute Gasteiger partial charge is 0.463 e. The Morgan fingerprint density at radius 3 is 2.31 bits per heavy atom. The first-order chi connectivity index (χ1) is 15.5. The number of rotatable bonds is 19. The third-order valence-corrected chi connectivity index (χ3v) is 4.36. The molecule has 0 aliphatic heterocycles. The summed E-state index contributed by atoms with van der Waals surface area (Å²) < 4.78 is 4.82. The van der Waals surface area contributed by atoms with Gasteiger partial charge in [-0.2, -0.15) is 0 Å². The van der Waals surface area contributed by atoms with Gasteiger partial charge in [0.15, 0.2) is 0 Å². The number of hydrogen-bond acceptors (Lipinski definition) is 7. The first kappa shape index (κ1) is 30.0. The van der Waals surface area contributed by atoms with Gasteiger partial charge in [0.25, 0.3) is 0 Å². The maximum absolute atomic E-state index is 11.5. The van der Waals surface area contributed by atoms with Crippen LogP contribution < -0.4 is 0 Å². The second-order valence-corrected chi connectivity index (χ2v) is 7.31. The smallest absolute Gasteiger partial charge is 0.305 e. The van der Waals surface area contributed by atoms with Crippen LogP contribution in [0, 0.1) is 0 Å². The predicted octanol–water partition coefficient (Wildman–Crippen LogP) is 4.02. The molecule has 3 atom stereocenters. The Morgan fingerprint density at radius 1 is 0.938 bits per heavy atom. The molecule has 0 radical (unpaired) electrons. The number of unbranched alkanes of at least 4 members (excludes halogenated alkanes) is 2. The molecule has 32 heavy (non-hydrogen) atoms. The number of aliphatic hydroxyl groups excluding tert-OH is 3. The first-order valence-corrected chi connectivity index (χ1v) is 11.3. The highest BCUT2D eigenvalue weighted by Gasteiger charge is 2.08. The summed E-state index contributed by atoms with van der Waals surface area (Å²) in [6.45, 7) is 1.43. The van der Waals surface area contributed by atoms with Crippen molar-refractivity contribution in [2.75, 3.05) is 13.2 Å². The summed E-state index contributed by atoms with van der Waals surface area (Å²) in [5.74, 6) is -0.401. The molecule has 4 N–H and O–H groups in total. The zero-order valence-electron chi connectivity index (χ0n) is 19.1. The number of esters is 1. The van der Waals surface area contributed by atoms with Crippen LogP contribution in [0.4, 0.5) is 0 Å². The minimum absolute atomic E-state index is 0.194. The number of carbonyl (C=O) groups excluding carboxylic acids is 1. The molecule has 0 aromatic rings. The van der Waals surface area contributed by atoms with E-state index in [9.17, 15) is 9.90 Å². The average Bonchev–Trinajstić information content (AvgIpc) is 2.79. The Balaban J connectivity index is 3.91. The molecule has 0 bridgehead atoms. The lowest BCUT2D eigenvalue weighted by atomic mass is 10.1. The lowest BCUT2D eigenvalue weighted by molar-refractivity contribution is -0.267. The lowest BCUT2D eigenvalue weighted by Gasteiger charge is -2.09. The van der Waals surface area contributed by atoms with Gasteiger partial charge in [0.2, 0.25) is 0 Å². The van der Waals surface area contributed by atoms with Gasteiger partial charge in [-0.15, -0.1) is 0 Å². The van der Waals surface area contributed by atoms with Gasteiger partial charge in [-0.1, -0.05) is 80.5 Å². The number of carbonyl (C=O) groups is 1. The van der Waals surface area contributed by atoms with Crippen molar-refractivity contribution >= 4 is 5.97 Å². The highest BCUT2D eigenvalue weighted by molar-refractivity contribution is 5.69. The predicted molar refractivity (Wildman–Crippen MR) is 126 cm³/mol. The molecule has 7 nitrogen and oxygen atoms in total. The molecule has 3 unspecified atom stereocenters. The van der Waals surface area contributed by atoms with Crippen LogP contribution in [0.1, 0.15) is 58.3 Å². The second-order valence-electron chi connectivity index (χ2n) is 7.31. The third-order valence-electron chi connectivity index (χ3n) is 4.36. The SMILES string of the molecule is CCC=CCC(O)C=CC=CCC=CC=CC(CCCCCC(=O)OCC(O)CO)OO. The normalized spacial score (nSPS) is 15.5. The van der Waals surface area contributed by atoms with Crippen molar-refractivity contribution in [1.29, 1.82) is 0 Å². The molecule has 0 amide bonds. The van der Waals surface area contributed by atoms with E-state index in [0.29, 0.717) is 19.3 Å². The molecule has 0 aromatic carbocycles. The van der Waals surface area contributed by atoms with Crippen LogP contribution in [0.2, 0.25) is 0 Å². The topological polar surface area (TPSA) is 116 Å². The van der Waals surface area contributed by atoms with E-state index in [1.54, 1.807) is 12.2 Å². The number of aliphatic hydroxyl groups is 3. The molecule has 0 saturated carbocycles. The van der Waals surface area contributed by atoms with Gasteiger partial charge in [0.1, 0.15) is 18.8 Å². The third kappa shape index (κ3) is 19.9. The monoisotopic (exact) mass is 452 g/mol. The lowest BCUT2D eigenvalue weighted by Crippen LogP contribution is -2.21. The number of ether oxygens (including phenoxy) is 1. The van der Waals surface area contributed by atoms with Gasteiger partial charge in [0.05, 0.1) is 12.7 Å². The van der Waals surface area contributed by atoms with E-state index < -0.39 is 30.9 Å². The van der Waals surface area contributed by atoms with E-state index in [0.717, 1.165) is 25.7 Å². The molecule has 0 spiro atoms. The van der Waals surface area contributed by atoms with Gasteiger partial charge >= 0.3 is 5.97 Å². The molecule has 0 fully saturated rings. The van der Waals surface area contributed by atoms with Crippen LogP contribution in [-0.4, -0.2) is 58.1 Å². The summed E-state index contributed by atoms with van der Waals surface area (Å²) in [6, 6.07) is 0. The number of hydrogen-bond donors (Lipinski definition) is 4. The van der Waals surface area contributed by atoms with Crippen LogP contribution in [-0.2, 0) is 14.4 Å². The Morgan fingerprint density at radius 2 is 1.66 bits per heavy atom. The summed E-state index contributed by atoms with van der Waals surface area (Å²) in [5, 5.41) is 36.5. The molecule has 182 valence electrons. The Kier molecular flexibility index (Phi) is 20.8. The maximum Gasteiger partial charge on any atom is 0.305 e. The van der Waals surface area contributed by atoms with E-state index in [4.69, 9.17) is 20.2 Å². The van der Waals surface area contributed by atoms with E-state index in [1.807, 2.05) is 48.6 Å². The minimum Gasteiger partial charge on any atom is -0.463 e. The highest BCUT2D eigenvalue weighted by atomic mass is 17.1. The van der Waals surface area contributed by atoms with E-state index in [-0.39, 0.29) is 13.0 Å². The summed E-state index contributed by atoms with van der Waals surface area (Å²) in [5.41, 5.74) is 0. The molecular formula is C25H40O7. The van der Waals surface area contributed by atoms with Crippen molar-refractivity contribution in [2.45, 2.75) is 76.6 Å². The summed E-state index contributed by atoms with van der Waals surface area (Å²) in [4.78, 5) is 15.9. The Bertz CT molecular complexity index is 593. The average molecular weight is 453 g/mol. The van der Waals surface area contributed by atoms with Crippen LogP contribution in [0.5, 0.6) is 0 Å². The van der Waals surface area contributed by atoms with Crippen molar-refractivity contribution in [3.05, 3.63) is 60.8 Å². The van der Waals surface area contributed by atoms with Crippen LogP contribution in [0.15, 0.2) is 60.8 Å². The highest BCUT2D eigenvalue weighted by Crippen LogP contribution is 2.10. The molecule has 0 rings (SSSR count). The van der Waals surface area contributed by atoms with Crippen molar-refractivity contribution in [1.82, 2.24) is 0 Å². The van der Waals surface area contributed by atoms with Crippen molar-refractivity contribution < 1.29 is 35.0 Å². The van der Waals surface area contributed by atoms with Gasteiger partial charge in [0, 0.05) is 6.42 Å².